The third-order valence-corrected chi connectivity index (χ3v) is 5.15. The van der Waals surface area contributed by atoms with Crippen molar-refractivity contribution in [2.75, 3.05) is 40.6 Å². The molecule has 2 aliphatic heterocycles. The van der Waals surface area contributed by atoms with E-state index in [1.165, 1.54) is 0 Å². The molecule has 2 aromatic carbocycles. The van der Waals surface area contributed by atoms with Crippen molar-refractivity contribution in [1.29, 1.82) is 0 Å². The normalized spacial score (nSPS) is 19.0. The van der Waals surface area contributed by atoms with E-state index in [-0.39, 0.29) is 12.2 Å². The molecule has 0 aliphatic carbocycles. The molecule has 8 heteroatoms. The molecule has 8 nitrogen and oxygen atoms in total. The minimum atomic E-state index is 0.141. The summed E-state index contributed by atoms with van der Waals surface area (Å²) >= 11 is 0. The average Bonchev–Trinajstić information content (AvgIpc) is 3.75. The molecule has 2 saturated heterocycles. The summed E-state index contributed by atoms with van der Waals surface area (Å²) in [5, 5.41) is 7.57. The van der Waals surface area contributed by atoms with Crippen molar-refractivity contribution < 1.29 is 28.4 Å². The van der Waals surface area contributed by atoms with Gasteiger partial charge in [-0.05, 0) is 48.0 Å². The van der Waals surface area contributed by atoms with Crippen LogP contribution in [-0.2, 0) is 9.47 Å². The van der Waals surface area contributed by atoms with Crippen LogP contribution in [0.5, 0.6) is 23.0 Å². The van der Waals surface area contributed by atoms with Gasteiger partial charge in [-0.3, -0.25) is 5.10 Å². The zero-order chi connectivity index (χ0) is 21.2. The second-order valence-corrected chi connectivity index (χ2v) is 7.43. The van der Waals surface area contributed by atoms with E-state index in [1.54, 1.807) is 14.2 Å². The summed E-state index contributed by atoms with van der Waals surface area (Å²) in [5.74, 6) is 2.55. The van der Waals surface area contributed by atoms with E-state index in [2.05, 4.69) is 10.2 Å². The average molecular weight is 424 g/mol. The quantitative estimate of drug-likeness (QED) is 0.499. The largest absolute Gasteiger partial charge is 0.493 e. The number of methoxy groups -OCH3 is 2. The molecule has 3 aromatic rings. The van der Waals surface area contributed by atoms with Gasteiger partial charge in [-0.2, -0.15) is 5.10 Å². The molecule has 162 valence electrons. The minimum absolute atomic E-state index is 0.141. The number of H-pyrrole nitrogens is 1. The molecule has 1 N–H and O–H groups in total. The molecule has 2 atom stereocenters. The first-order valence-electron chi connectivity index (χ1n) is 10.1. The molecular weight excluding hydrogens is 400 g/mol. The van der Waals surface area contributed by atoms with E-state index >= 15 is 0 Å². The lowest BCUT2D eigenvalue weighted by Gasteiger charge is -2.15. The molecule has 0 spiro atoms. The standard InChI is InChI=1S/C23H24N2O6/c1-26-21-7-15(8-22(27-2)23(21)31-13-18-12-30-18)20-9-19(24-25-20)14-3-5-16(6-4-14)28-10-17-11-29-17/h3-9,17-18H,10-13H2,1-2H3,(H,24,25). The molecule has 2 fully saturated rings. The summed E-state index contributed by atoms with van der Waals surface area (Å²) in [6.45, 7) is 2.56. The number of nitrogens with one attached hydrogen (secondary N) is 1. The van der Waals surface area contributed by atoms with Crippen molar-refractivity contribution in [2.24, 2.45) is 0 Å². The highest BCUT2D eigenvalue weighted by Gasteiger charge is 2.25. The van der Waals surface area contributed by atoms with Crippen LogP contribution in [0.4, 0.5) is 0 Å². The first kappa shape index (κ1) is 19.7. The Morgan fingerprint density at radius 1 is 0.871 bits per heavy atom. The highest BCUT2D eigenvalue weighted by molar-refractivity contribution is 5.72. The van der Waals surface area contributed by atoms with Gasteiger partial charge in [0.05, 0.1) is 38.8 Å². The van der Waals surface area contributed by atoms with Crippen molar-refractivity contribution in [3.05, 3.63) is 42.5 Å². The third kappa shape index (κ3) is 4.60. The van der Waals surface area contributed by atoms with Crippen LogP contribution in [0.3, 0.4) is 0 Å². The summed E-state index contributed by atoms with van der Waals surface area (Å²) < 4.78 is 33.0. The van der Waals surface area contributed by atoms with Crippen molar-refractivity contribution in [2.45, 2.75) is 12.2 Å². The Labute approximate surface area is 180 Å². The Morgan fingerprint density at radius 3 is 2.06 bits per heavy atom. The predicted molar refractivity (Wildman–Crippen MR) is 113 cm³/mol. The van der Waals surface area contributed by atoms with Crippen molar-refractivity contribution in [1.82, 2.24) is 10.2 Å². The Bertz CT molecular complexity index is 1020. The van der Waals surface area contributed by atoms with E-state index in [9.17, 15) is 0 Å². The Kier molecular flexibility index (Phi) is 5.40. The van der Waals surface area contributed by atoms with Gasteiger partial charge in [0.1, 0.15) is 31.2 Å². The Balaban J connectivity index is 1.35. The van der Waals surface area contributed by atoms with E-state index < -0.39 is 0 Å². The van der Waals surface area contributed by atoms with Crippen molar-refractivity contribution >= 4 is 0 Å². The molecule has 0 amide bonds. The summed E-state index contributed by atoms with van der Waals surface area (Å²) in [6.07, 6.45) is 0.379. The number of benzene rings is 2. The smallest absolute Gasteiger partial charge is 0.203 e. The van der Waals surface area contributed by atoms with Crippen LogP contribution in [0.2, 0.25) is 0 Å². The summed E-state index contributed by atoms with van der Waals surface area (Å²) in [7, 11) is 3.21. The summed E-state index contributed by atoms with van der Waals surface area (Å²) in [6, 6.07) is 13.7. The SMILES string of the molecule is COc1cc(-c2cc(-c3ccc(OCC4CO4)cc3)[nH]n2)cc(OC)c1OCC1CO1. The molecule has 2 unspecified atom stereocenters. The Morgan fingerprint density at radius 2 is 1.48 bits per heavy atom. The van der Waals surface area contributed by atoms with E-state index in [1.807, 2.05) is 42.5 Å². The monoisotopic (exact) mass is 424 g/mol. The molecular formula is C23H24N2O6. The van der Waals surface area contributed by atoms with Gasteiger partial charge in [0.25, 0.3) is 0 Å². The fourth-order valence-electron chi connectivity index (χ4n) is 3.21. The zero-order valence-corrected chi connectivity index (χ0v) is 17.4. The molecule has 31 heavy (non-hydrogen) atoms. The number of aromatic amines is 1. The molecule has 0 bridgehead atoms. The van der Waals surface area contributed by atoms with Crippen LogP contribution >= 0.6 is 0 Å². The third-order valence-electron chi connectivity index (χ3n) is 5.15. The topological polar surface area (TPSA) is 90.7 Å². The van der Waals surface area contributed by atoms with Gasteiger partial charge in [0, 0.05) is 5.56 Å². The Hall–Kier alpha value is -3.23. The zero-order valence-electron chi connectivity index (χ0n) is 17.4. The van der Waals surface area contributed by atoms with E-state index in [4.69, 9.17) is 28.4 Å². The van der Waals surface area contributed by atoms with Gasteiger partial charge in [0.2, 0.25) is 5.75 Å². The van der Waals surface area contributed by atoms with Gasteiger partial charge in [-0.15, -0.1) is 0 Å². The maximum atomic E-state index is 5.87. The van der Waals surface area contributed by atoms with Crippen molar-refractivity contribution in [3.63, 3.8) is 0 Å². The van der Waals surface area contributed by atoms with Crippen LogP contribution in [0.25, 0.3) is 22.5 Å². The number of ether oxygens (including phenoxy) is 6. The van der Waals surface area contributed by atoms with Gasteiger partial charge in [0.15, 0.2) is 11.5 Å². The molecule has 5 rings (SSSR count). The fraction of sp³-hybridized carbons (Fsp3) is 0.348. The summed E-state index contributed by atoms with van der Waals surface area (Å²) in [5.41, 5.74) is 3.54. The minimum Gasteiger partial charge on any atom is -0.493 e. The van der Waals surface area contributed by atoms with Crippen LogP contribution in [0.1, 0.15) is 0 Å². The van der Waals surface area contributed by atoms with Crippen LogP contribution in [0, 0.1) is 0 Å². The maximum Gasteiger partial charge on any atom is 0.203 e. The molecule has 1 aromatic heterocycles. The van der Waals surface area contributed by atoms with E-state index in [0.717, 1.165) is 41.5 Å². The van der Waals surface area contributed by atoms with Gasteiger partial charge < -0.3 is 28.4 Å². The number of hydrogen-bond donors (Lipinski definition) is 1. The lowest BCUT2D eigenvalue weighted by molar-refractivity contribution is 0.241. The first-order valence-corrected chi connectivity index (χ1v) is 10.1. The fourth-order valence-corrected chi connectivity index (χ4v) is 3.21. The van der Waals surface area contributed by atoms with Crippen molar-refractivity contribution in [3.8, 4) is 45.5 Å². The first-order chi connectivity index (χ1) is 15.2. The molecule has 0 radical (unpaired) electrons. The highest BCUT2D eigenvalue weighted by Crippen LogP contribution is 2.42. The predicted octanol–water partition coefficient (Wildman–Crippen LogP) is 3.32. The number of nitrogens with zero attached hydrogens (tertiary/aromatic N) is 1. The number of aromatic nitrogens is 2. The maximum absolute atomic E-state index is 5.87. The van der Waals surface area contributed by atoms with Crippen LogP contribution in [-0.4, -0.2) is 63.1 Å². The van der Waals surface area contributed by atoms with Gasteiger partial charge in [-0.1, -0.05) is 0 Å². The molecule has 3 heterocycles. The van der Waals surface area contributed by atoms with Gasteiger partial charge in [-0.25, -0.2) is 0 Å². The van der Waals surface area contributed by atoms with Crippen LogP contribution < -0.4 is 18.9 Å². The number of hydrogen-bond acceptors (Lipinski definition) is 7. The van der Waals surface area contributed by atoms with Crippen LogP contribution in [0.15, 0.2) is 42.5 Å². The number of rotatable bonds is 10. The van der Waals surface area contributed by atoms with E-state index in [0.29, 0.717) is 30.5 Å². The molecule has 2 aliphatic rings. The second kappa shape index (κ2) is 8.49. The highest BCUT2D eigenvalue weighted by atomic mass is 16.6. The lowest BCUT2D eigenvalue weighted by Crippen LogP contribution is -2.06. The lowest BCUT2D eigenvalue weighted by atomic mass is 10.1. The summed E-state index contributed by atoms with van der Waals surface area (Å²) in [4.78, 5) is 0. The number of epoxide rings is 2. The molecule has 0 saturated carbocycles. The second-order valence-electron chi connectivity index (χ2n) is 7.43. The van der Waals surface area contributed by atoms with Gasteiger partial charge >= 0.3 is 0 Å².